The van der Waals surface area contributed by atoms with Crippen molar-refractivity contribution < 1.29 is 55.6 Å². The van der Waals surface area contributed by atoms with Gasteiger partial charge in [-0.3, -0.25) is 4.98 Å². The van der Waals surface area contributed by atoms with Gasteiger partial charge < -0.3 is 24.6 Å². The van der Waals surface area contributed by atoms with E-state index >= 15 is 0 Å². The van der Waals surface area contributed by atoms with Crippen LogP contribution in [0.4, 0.5) is 32.3 Å². The van der Waals surface area contributed by atoms with Crippen LogP contribution in [0.15, 0.2) is 42.9 Å². The van der Waals surface area contributed by atoms with Crippen LogP contribution in [0.25, 0.3) is 0 Å². The smallest absolute Gasteiger partial charge is 0.475 e. The minimum Gasteiger partial charge on any atom is -0.475 e. The average Bonchev–Trinajstić information content (AvgIpc) is 3.28. The number of pyridine rings is 1. The number of aromatic nitrogens is 3. The Hall–Kier alpha value is -3.53. The number of halogens is 6. The maximum Gasteiger partial charge on any atom is 0.490 e. The van der Waals surface area contributed by atoms with E-state index in [0.717, 1.165) is 37.4 Å². The van der Waals surface area contributed by atoms with Crippen LogP contribution in [0.1, 0.15) is 25.0 Å². The van der Waals surface area contributed by atoms with Gasteiger partial charge in [0.1, 0.15) is 0 Å². The summed E-state index contributed by atoms with van der Waals surface area (Å²) in [7, 11) is 0. The highest BCUT2D eigenvalue weighted by molar-refractivity contribution is 5.73. The zero-order valence-electron chi connectivity index (χ0n) is 19.6. The molecule has 4 heterocycles. The standard InChI is InChI=1S/C18H22N4O2.2C2HF3O2/c1-2-8-19-14(4-1)12-23-13-15-5-6-16-17(24-15)7-11-22(16)18-20-9-3-10-21-18;2*3-2(4,5)1(6)7/h1-4,8-10,15-17H,5-7,11-13H2;2*(H,6,7)/t15-,16+,17+;;/m1../s1. The first-order chi connectivity index (χ1) is 17.8. The first kappa shape index (κ1) is 30.7. The lowest BCUT2D eigenvalue weighted by molar-refractivity contribution is -0.193. The van der Waals surface area contributed by atoms with Crippen LogP contribution in [0.2, 0.25) is 0 Å². The molecule has 0 bridgehead atoms. The molecule has 0 saturated carbocycles. The van der Waals surface area contributed by atoms with E-state index in [-0.39, 0.29) is 12.2 Å². The SMILES string of the molecule is O=C(O)C(F)(F)F.O=C(O)C(F)(F)F.c1ccc(COC[C@H]2CC[C@H]3[C@H](CCN3c3ncccn3)O2)nc1. The first-order valence-corrected chi connectivity index (χ1v) is 11.1. The topological polar surface area (TPSA) is 135 Å². The van der Waals surface area contributed by atoms with Gasteiger partial charge in [0, 0.05) is 25.1 Å². The molecule has 210 valence electrons. The van der Waals surface area contributed by atoms with Crippen LogP contribution in [0, 0.1) is 0 Å². The van der Waals surface area contributed by atoms with E-state index in [2.05, 4.69) is 19.9 Å². The van der Waals surface area contributed by atoms with Gasteiger partial charge in [0.2, 0.25) is 5.95 Å². The highest BCUT2D eigenvalue weighted by Gasteiger charge is 2.41. The molecule has 0 aliphatic carbocycles. The van der Waals surface area contributed by atoms with Gasteiger partial charge >= 0.3 is 24.3 Å². The number of fused-ring (bicyclic) bond motifs is 1. The molecule has 2 fully saturated rings. The number of alkyl halides is 6. The summed E-state index contributed by atoms with van der Waals surface area (Å²) >= 11 is 0. The van der Waals surface area contributed by atoms with E-state index in [4.69, 9.17) is 29.3 Å². The van der Waals surface area contributed by atoms with Crippen molar-refractivity contribution in [3.63, 3.8) is 0 Å². The van der Waals surface area contributed by atoms with Crippen LogP contribution in [0.5, 0.6) is 0 Å². The Balaban J connectivity index is 0.000000301. The number of carboxylic acid groups (broad SMARTS) is 2. The van der Waals surface area contributed by atoms with Crippen molar-refractivity contribution in [1.82, 2.24) is 15.0 Å². The summed E-state index contributed by atoms with van der Waals surface area (Å²) in [6.45, 7) is 2.13. The minimum atomic E-state index is -5.08. The van der Waals surface area contributed by atoms with Crippen molar-refractivity contribution in [2.75, 3.05) is 18.1 Å². The van der Waals surface area contributed by atoms with Gasteiger partial charge in [0.05, 0.1) is 37.2 Å². The maximum atomic E-state index is 10.6. The molecule has 0 aromatic carbocycles. The molecular formula is C22H24F6N4O6. The Morgan fingerprint density at radius 3 is 2.03 bits per heavy atom. The van der Waals surface area contributed by atoms with Gasteiger partial charge in [-0.2, -0.15) is 26.3 Å². The van der Waals surface area contributed by atoms with E-state index in [1.165, 1.54) is 0 Å². The predicted octanol–water partition coefficient (Wildman–Crippen LogP) is 3.48. The Morgan fingerprint density at radius 1 is 0.921 bits per heavy atom. The van der Waals surface area contributed by atoms with Crippen molar-refractivity contribution in [1.29, 1.82) is 0 Å². The van der Waals surface area contributed by atoms with Crippen LogP contribution < -0.4 is 4.90 Å². The molecule has 2 N–H and O–H groups in total. The summed E-state index contributed by atoms with van der Waals surface area (Å²) in [5, 5.41) is 14.2. The van der Waals surface area contributed by atoms with Crippen molar-refractivity contribution in [2.24, 2.45) is 0 Å². The van der Waals surface area contributed by atoms with Crippen molar-refractivity contribution >= 4 is 17.9 Å². The van der Waals surface area contributed by atoms with Crippen LogP contribution >= 0.6 is 0 Å². The van der Waals surface area contributed by atoms with Gasteiger partial charge in [-0.05, 0) is 37.5 Å². The highest BCUT2D eigenvalue weighted by atomic mass is 19.4. The Kier molecular flexibility index (Phi) is 11.2. The molecule has 38 heavy (non-hydrogen) atoms. The summed E-state index contributed by atoms with van der Waals surface area (Å²) in [4.78, 5) is 33.1. The molecule has 0 amide bonds. The van der Waals surface area contributed by atoms with E-state index < -0.39 is 24.3 Å². The fraction of sp³-hybridized carbons (Fsp3) is 0.500. The summed E-state index contributed by atoms with van der Waals surface area (Å²) in [6, 6.07) is 8.11. The van der Waals surface area contributed by atoms with Crippen molar-refractivity contribution in [3.8, 4) is 0 Å². The lowest BCUT2D eigenvalue weighted by atomic mass is 9.99. The number of carbonyl (C=O) groups is 2. The van der Waals surface area contributed by atoms with E-state index in [9.17, 15) is 26.3 Å². The number of ether oxygens (including phenoxy) is 2. The second kappa shape index (κ2) is 13.9. The maximum absolute atomic E-state index is 10.6. The molecule has 4 rings (SSSR count). The number of hydrogen-bond acceptors (Lipinski definition) is 8. The van der Waals surface area contributed by atoms with E-state index in [1.807, 2.05) is 24.3 Å². The van der Waals surface area contributed by atoms with Gasteiger partial charge in [-0.15, -0.1) is 0 Å². The van der Waals surface area contributed by atoms with Crippen LogP contribution in [-0.2, 0) is 25.7 Å². The lowest BCUT2D eigenvalue weighted by Gasteiger charge is -2.35. The molecule has 0 unspecified atom stereocenters. The predicted molar refractivity (Wildman–Crippen MR) is 117 cm³/mol. The Bertz CT molecular complexity index is 989. The van der Waals surface area contributed by atoms with Crippen LogP contribution in [0.3, 0.4) is 0 Å². The molecule has 2 aliphatic heterocycles. The third-order valence-electron chi connectivity index (χ3n) is 5.21. The third kappa shape index (κ3) is 10.1. The zero-order chi connectivity index (χ0) is 28.3. The first-order valence-electron chi connectivity index (χ1n) is 11.1. The van der Waals surface area contributed by atoms with Gasteiger partial charge in [-0.1, -0.05) is 6.07 Å². The molecule has 0 spiro atoms. The van der Waals surface area contributed by atoms with E-state index in [0.29, 0.717) is 19.3 Å². The quantitative estimate of drug-likeness (QED) is 0.529. The summed E-state index contributed by atoms with van der Waals surface area (Å²) < 4.78 is 75.5. The second-order valence-electron chi connectivity index (χ2n) is 7.91. The molecule has 16 heteroatoms. The zero-order valence-corrected chi connectivity index (χ0v) is 19.6. The number of anilines is 1. The molecule has 3 atom stereocenters. The largest absolute Gasteiger partial charge is 0.490 e. The number of aliphatic carboxylic acids is 2. The molecule has 2 aliphatic rings. The van der Waals surface area contributed by atoms with Gasteiger partial charge in [0.25, 0.3) is 0 Å². The number of nitrogens with zero attached hydrogens (tertiary/aromatic N) is 4. The number of hydrogen-bond donors (Lipinski definition) is 2. The fourth-order valence-electron chi connectivity index (χ4n) is 3.59. The molecule has 2 saturated heterocycles. The summed E-state index contributed by atoms with van der Waals surface area (Å²) in [5.74, 6) is -4.70. The third-order valence-corrected chi connectivity index (χ3v) is 5.21. The molecule has 0 radical (unpaired) electrons. The van der Waals surface area contributed by atoms with Crippen LogP contribution in [-0.4, -0.2) is 80.9 Å². The molecule has 2 aromatic heterocycles. The van der Waals surface area contributed by atoms with Gasteiger partial charge in [-0.25, -0.2) is 19.6 Å². The van der Waals surface area contributed by atoms with Crippen molar-refractivity contribution in [3.05, 3.63) is 48.5 Å². The molecule has 2 aromatic rings. The second-order valence-corrected chi connectivity index (χ2v) is 7.91. The van der Waals surface area contributed by atoms with Crippen molar-refractivity contribution in [2.45, 2.75) is 56.5 Å². The van der Waals surface area contributed by atoms with E-state index in [1.54, 1.807) is 18.6 Å². The Morgan fingerprint density at radius 2 is 1.50 bits per heavy atom. The minimum absolute atomic E-state index is 0.173. The Labute approximate surface area is 212 Å². The highest BCUT2D eigenvalue weighted by Crippen LogP contribution is 2.33. The normalized spacial score (nSPS) is 20.8. The average molecular weight is 554 g/mol. The number of rotatable bonds is 5. The summed E-state index contributed by atoms with van der Waals surface area (Å²) in [5.41, 5.74) is 0.958. The molecule has 10 nitrogen and oxygen atoms in total. The summed E-state index contributed by atoms with van der Waals surface area (Å²) in [6.07, 6.45) is -1.22. The monoisotopic (exact) mass is 554 g/mol. The number of carboxylic acids is 2. The molecular weight excluding hydrogens is 530 g/mol. The lowest BCUT2D eigenvalue weighted by Crippen LogP contribution is -2.44. The van der Waals surface area contributed by atoms with Gasteiger partial charge in [0.15, 0.2) is 0 Å². The fourth-order valence-corrected chi connectivity index (χ4v) is 3.59.